The van der Waals surface area contributed by atoms with E-state index in [1.807, 2.05) is 6.92 Å². The maximum absolute atomic E-state index is 12.6. The van der Waals surface area contributed by atoms with Crippen LogP contribution in [0.15, 0.2) is 18.3 Å². The predicted molar refractivity (Wildman–Crippen MR) is 53.9 cm³/mol. The van der Waals surface area contributed by atoms with E-state index in [9.17, 15) is 4.39 Å². The third-order valence-corrected chi connectivity index (χ3v) is 2.10. The number of aromatic nitrogens is 3. The fourth-order valence-electron chi connectivity index (χ4n) is 1.25. The lowest BCUT2D eigenvalue weighted by Crippen LogP contribution is -1.86. The number of halogens is 1. The third-order valence-electron chi connectivity index (χ3n) is 1.90. The number of aryl methyl sites for hydroxylation is 1. The Morgan fingerprint density at radius 3 is 2.64 bits per heavy atom. The molecule has 0 amide bonds. The fraction of sp³-hybridized carbons (Fsp3) is 0.111. The van der Waals surface area contributed by atoms with Gasteiger partial charge in [0.2, 0.25) is 0 Å². The summed E-state index contributed by atoms with van der Waals surface area (Å²) >= 11 is 4.93. The Morgan fingerprint density at radius 1 is 1.36 bits per heavy atom. The Labute approximate surface area is 85.0 Å². The zero-order valence-corrected chi connectivity index (χ0v) is 8.28. The molecule has 0 bridgehead atoms. The van der Waals surface area contributed by atoms with Crippen LogP contribution in [0.25, 0.3) is 11.4 Å². The van der Waals surface area contributed by atoms with E-state index >= 15 is 0 Å². The molecule has 3 nitrogen and oxygen atoms in total. The van der Waals surface area contributed by atoms with Crippen LogP contribution in [0.2, 0.25) is 0 Å². The van der Waals surface area contributed by atoms with Gasteiger partial charge in [0.1, 0.15) is 5.82 Å². The van der Waals surface area contributed by atoms with Crippen molar-refractivity contribution in [2.45, 2.75) is 6.92 Å². The minimum absolute atomic E-state index is 0.347. The molecule has 0 saturated carbocycles. The first kappa shape index (κ1) is 9.08. The highest BCUT2D eigenvalue weighted by atomic mass is 32.1. The molecule has 0 radical (unpaired) electrons. The molecular weight excluding hydrogens is 201 g/mol. The summed E-state index contributed by atoms with van der Waals surface area (Å²) < 4.78 is 13.2. The van der Waals surface area contributed by atoms with Crippen LogP contribution in [0.1, 0.15) is 5.69 Å². The molecule has 0 saturated heterocycles. The van der Waals surface area contributed by atoms with Gasteiger partial charge in [0.15, 0.2) is 4.77 Å². The molecular formula is C9H8FN3S. The number of hydrogen-bond acceptors (Lipinski definition) is 2. The van der Waals surface area contributed by atoms with Gasteiger partial charge in [-0.05, 0) is 31.3 Å². The van der Waals surface area contributed by atoms with Gasteiger partial charge in [0, 0.05) is 5.69 Å². The maximum Gasteiger partial charge on any atom is 0.175 e. The van der Waals surface area contributed by atoms with Crippen LogP contribution in [0.4, 0.5) is 4.39 Å². The first-order valence-electron chi connectivity index (χ1n) is 4.07. The molecule has 0 aliphatic carbocycles. The van der Waals surface area contributed by atoms with Crippen LogP contribution >= 0.6 is 12.2 Å². The van der Waals surface area contributed by atoms with Gasteiger partial charge < -0.3 is 9.97 Å². The Kier molecular flexibility index (Phi) is 2.17. The van der Waals surface area contributed by atoms with E-state index in [1.54, 1.807) is 6.07 Å². The van der Waals surface area contributed by atoms with Crippen molar-refractivity contribution in [3.8, 4) is 11.4 Å². The molecule has 0 unspecified atom stereocenters. The number of nitrogens with one attached hydrogen (secondary N) is 2. The van der Waals surface area contributed by atoms with Gasteiger partial charge in [-0.1, -0.05) is 0 Å². The molecule has 0 aliphatic rings. The Balaban J connectivity index is 2.54. The van der Waals surface area contributed by atoms with E-state index in [2.05, 4.69) is 15.0 Å². The van der Waals surface area contributed by atoms with Gasteiger partial charge in [-0.25, -0.2) is 4.39 Å². The normalized spacial score (nSPS) is 10.4. The molecule has 5 heteroatoms. The largest absolute Gasteiger partial charge is 0.334 e. The van der Waals surface area contributed by atoms with Crippen molar-refractivity contribution in [2.75, 3.05) is 0 Å². The van der Waals surface area contributed by atoms with E-state index in [-0.39, 0.29) is 5.82 Å². The second-order valence-corrected chi connectivity index (χ2v) is 3.35. The molecule has 14 heavy (non-hydrogen) atoms. The van der Waals surface area contributed by atoms with Crippen molar-refractivity contribution in [1.29, 1.82) is 0 Å². The second kappa shape index (κ2) is 3.34. The summed E-state index contributed by atoms with van der Waals surface area (Å²) in [4.78, 5) is 9.85. The number of pyridine rings is 1. The summed E-state index contributed by atoms with van der Waals surface area (Å²) in [6.07, 6.45) is 1.18. The number of imidazole rings is 1. The monoisotopic (exact) mass is 209 g/mol. The fourth-order valence-corrected chi connectivity index (χ4v) is 1.51. The summed E-state index contributed by atoms with van der Waals surface area (Å²) in [5.74, 6) is -0.347. The van der Waals surface area contributed by atoms with Crippen LogP contribution in [0.5, 0.6) is 0 Å². The molecule has 72 valence electrons. The van der Waals surface area contributed by atoms with Crippen LogP contribution in [-0.2, 0) is 0 Å². The van der Waals surface area contributed by atoms with Crippen molar-refractivity contribution in [1.82, 2.24) is 15.0 Å². The Bertz CT molecular complexity index is 498. The van der Waals surface area contributed by atoms with E-state index in [0.29, 0.717) is 10.5 Å². The third kappa shape index (κ3) is 1.58. The lowest BCUT2D eigenvalue weighted by molar-refractivity contribution is 0.622. The molecule has 0 aliphatic heterocycles. The average molecular weight is 209 g/mol. The summed E-state index contributed by atoms with van der Waals surface area (Å²) in [6.45, 7) is 1.88. The molecule has 2 rings (SSSR count). The Morgan fingerprint density at radius 2 is 2.14 bits per heavy atom. The number of nitrogens with zero attached hydrogens (tertiary/aromatic N) is 1. The molecule has 0 atom stereocenters. The smallest absolute Gasteiger partial charge is 0.175 e. The van der Waals surface area contributed by atoms with Crippen LogP contribution < -0.4 is 0 Å². The number of aromatic amines is 2. The van der Waals surface area contributed by atoms with Gasteiger partial charge in [-0.3, -0.25) is 4.98 Å². The van der Waals surface area contributed by atoms with E-state index in [4.69, 9.17) is 12.2 Å². The quantitative estimate of drug-likeness (QED) is 0.709. The average Bonchev–Trinajstić information content (AvgIpc) is 2.47. The second-order valence-electron chi connectivity index (χ2n) is 2.94. The zero-order valence-electron chi connectivity index (χ0n) is 7.47. The van der Waals surface area contributed by atoms with Gasteiger partial charge in [-0.2, -0.15) is 0 Å². The maximum atomic E-state index is 12.6. The highest BCUT2D eigenvalue weighted by Crippen LogP contribution is 2.17. The number of H-pyrrole nitrogens is 2. The first-order chi connectivity index (χ1) is 6.66. The predicted octanol–water partition coefficient (Wildman–Crippen LogP) is 2.58. The summed E-state index contributed by atoms with van der Waals surface area (Å²) in [5, 5.41) is 0. The van der Waals surface area contributed by atoms with E-state index < -0.39 is 0 Å². The van der Waals surface area contributed by atoms with Crippen molar-refractivity contribution in [2.24, 2.45) is 0 Å². The SMILES string of the molecule is Cc1[nH]c(=S)[nH]c1-c1ccc(F)cn1. The molecule has 0 aromatic carbocycles. The number of hydrogen-bond donors (Lipinski definition) is 2. The van der Waals surface area contributed by atoms with E-state index in [1.165, 1.54) is 12.3 Å². The molecule has 2 aromatic rings. The van der Waals surface area contributed by atoms with Gasteiger partial charge in [-0.15, -0.1) is 0 Å². The first-order valence-corrected chi connectivity index (χ1v) is 4.48. The molecule has 0 fully saturated rings. The topological polar surface area (TPSA) is 44.5 Å². The summed E-state index contributed by atoms with van der Waals surface area (Å²) in [5.41, 5.74) is 2.38. The van der Waals surface area contributed by atoms with Crippen LogP contribution in [0.3, 0.4) is 0 Å². The summed E-state index contributed by atoms with van der Waals surface area (Å²) in [7, 11) is 0. The van der Waals surface area contributed by atoms with E-state index in [0.717, 1.165) is 11.4 Å². The van der Waals surface area contributed by atoms with Crippen LogP contribution in [0, 0.1) is 17.5 Å². The zero-order chi connectivity index (χ0) is 10.1. The lowest BCUT2D eigenvalue weighted by atomic mass is 10.2. The Hall–Kier alpha value is -1.49. The lowest BCUT2D eigenvalue weighted by Gasteiger charge is -1.97. The van der Waals surface area contributed by atoms with Gasteiger partial charge >= 0.3 is 0 Å². The van der Waals surface area contributed by atoms with Crippen molar-refractivity contribution in [3.05, 3.63) is 34.6 Å². The minimum atomic E-state index is -0.347. The molecule has 0 spiro atoms. The summed E-state index contributed by atoms with van der Waals surface area (Å²) in [6, 6.07) is 2.97. The molecule has 2 heterocycles. The highest BCUT2D eigenvalue weighted by Gasteiger charge is 2.05. The van der Waals surface area contributed by atoms with Gasteiger partial charge in [0.25, 0.3) is 0 Å². The standard InChI is InChI=1S/C9H8FN3S/c1-5-8(13-9(14)12-5)7-3-2-6(10)4-11-7/h2-4H,1H3,(H2,12,13,14). The minimum Gasteiger partial charge on any atom is -0.334 e. The number of rotatable bonds is 1. The van der Waals surface area contributed by atoms with Crippen molar-refractivity contribution < 1.29 is 4.39 Å². The van der Waals surface area contributed by atoms with Crippen molar-refractivity contribution in [3.63, 3.8) is 0 Å². The van der Waals surface area contributed by atoms with Crippen molar-refractivity contribution >= 4 is 12.2 Å². The highest BCUT2D eigenvalue weighted by molar-refractivity contribution is 7.71. The molecule has 2 N–H and O–H groups in total. The molecule has 2 aromatic heterocycles. The van der Waals surface area contributed by atoms with Crippen LogP contribution in [-0.4, -0.2) is 15.0 Å². The van der Waals surface area contributed by atoms with Gasteiger partial charge in [0.05, 0.1) is 17.6 Å².